The van der Waals surface area contributed by atoms with Crippen LogP contribution >= 0.6 is 0 Å². The largest absolute Gasteiger partial charge is 0.310 e. The minimum atomic E-state index is -0.284. The van der Waals surface area contributed by atoms with E-state index in [4.69, 9.17) is 0 Å². The van der Waals surface area contributed by atoms with Crippen LogP contribution in [-0.2, 0) is 5.41 Å². The summed E-state index contributed by atoms with van der Waals surface area (Å²) in [7, 11) is 0. The van der Waals surface area contributed by atoms with E-state index in [9.17, 15) is 0 Å². The van der Waals surface area contributed by atoms with E-state index in [1.165, 1.54) is 121 Å². The van der Waals surface area contributed by atoms with Crippen LogP contribution in [0, 0.1) is 0 Å². The number of fused-ring (bicyclic) bond motifs is 13. The van der Waals surface area contributed by atoms with Gasteiger partial charge < -0.3 is 18.6 Å². The van der Waals surface area contributed by atoms with E-state index in [1.807, 2.05) is 0 Å². The molecular weight excluding hydrogens is 1000 g/mol. The maximum atomic E-state index is 2.49. The van der Waals surface area contributed by atoms with Gasteiger partial charge in [-0.1, -0.05) is 196 Å². The smallest absolute Gasteiger partial charge is 0.0542 e. The summed E-state index contributed by atoms with van der Waals surface area (Å²) in [5.74, 6) is 0. The van der Waals surface area contributed by atoms with Crippen molar-refractivity contribution in [2.45, 2.75) is 19.3 Å². The first-order valence-electron chi connectivity index (χ1n) is 28.8. The molecule has 390 valence electrons. The van der Waals surface area contributed by atoms with Gasteiger partial charge in [0.15, 0.2) is 0 Å². The van der Waals surface area contributed by atoms with E-state index in [0.29, 0.717) is 0 Å². The predicted molar refractivity (Wildman–Crippen MR) is 350 cm³/mol. The highest BCUT2D eigenvalue weighted by atomic mass is 15.1. The van der Waals surface area contributed by atoms with Crippen LogP contribution < -0.4 is 4.90 Å². The summed E-state index contributed by atoms with van der Waals surface area (Å²) in [6, 6.07) is 108. The first kappa shape index (κ1) is 47.2. The molecule has 17 rings (SSSR count). The van der Waals surface area contributed by atoms with Crippen LogP contribution in [0.25, 0.3) is 127 Å². The number of hydrogen-bond donors (Lipinski definition) is 0. The van der Waals surface area contributed by atoms with Crippen LogP contribution in [0.15, 0.2) is 291 Å². The van der Waals surface area contributed by atoms with Crippen LogP contribution in [0.1, 0.15) is 25.0 Å². The molecule has 0 saturated heterocycles. The fraction of sp³-hybridized carbons (Fsp3) is 0.0380. The normalized spacial score (nSPS) is 12.8. The Bertz CT molecular complexity index is 5180. The zero-order chi connectivity index (χ0) is 54.9. The summed E-state index contributed by atoms with van der Waals surface area (Å²) in [5.41, 5.74) is 23.8. The third-order valence-corrected chi connectivity index (χ3v) is 18.0. The molecule has 3 aromatic heterocycles. The van der Waals surface area contributed by atoms with Gasteiger partial charge in [0, 0.05) is 71.3 Å². The lowest BCUT2D eigenvalue weighted by atomic mass is 9.81. The van der Waals surface area contributed by atoms with Crippen LogP contribution in [-0.4, -0.2) is 13.7 Å². The molecule has 0 amide bonds. The second-order valence-corrected chi connectivity index (χ2v) is 22.9. The highest BCUT2D eigenvalue weighted by Crippen LogP contribution is 2.53. The topological polar surface area (TPSA) is 18.0 Å². The molecule has 4 nitrogen and oxygen atoms in total. The first-order valence-corrected chi connectivity index (χ1v) is 28.8. The Morgan fingerprint density at radius 1 is 0.265 bits per heavy atom. The van der Waals surface area contributed by atoms with Crippen molar-refractivity contribution in [1.29, 1.82) is 0 Å². The molecule has 0 N–H and O–H groups in total. The van der Waals surface area contributed by atoms with E-state index in [0.717, 1.165) is 34.0 Å². The molecule has 0 unspecified atom stereocenters. The molecule has 0 spiro atoms. The Hall–Kier alpha value is -10.7. The van der Waals surface area contributed by atoms with Gasteiger partial charge in [0.2, 0.25) is 0 Å². The molecule has 3 heterocycles. The minimum absolute atomic E-state index is 0.284. The molecule has 4 heteroatoms. The number of rotatable bonds is 8. The third-order valence-electron chi connectivity index (χ3n) is 18.0. The summed E-state index contributed by atoms with van der Waals surface area (Å²) in [6.45, 7) is 4.81. The summed E-state index contributed by atoms with van der Waals surface area (Å²) >= 11 is 0. The summed E-state index contributed by atoms with van der Waals surface area (Å²) < 4.78 is 7.23. The first-order chi connectivity index (χ1) is 40.9. The molecular formula is C79H54N4. The maximum Gasteiger partial charge on any atom is 0.0542 e. The van der Waals surface area contributed by atoms with Gasteiger partial charge in [-0.15, -0.1) is 0 Å². The fourth-order valence-corrected chi connectivity index (χ4v) is 14.1. The quantitative estimate of drug-likeness (QED) is 0.148. The molecule has 0 atom stereocenters. The predicted octanol–water partition coefficient (Wildman–Crippen LogP) is 21.2. The second kappa shape index (κ2) is 18.2. The Morgan fingerprint density at radius 2 is 0.663 bits per heavy atom. The van der Waals surface area contributed by atoms with Crippen molar-refractivity contribution in [3.63, 3.8) is 0 Å². The van der Waals surface area contributed by atoms with Gasteiger partial charge in [0.05, 0.1) is 44.5 Å². The van der Waals surface area contributed by atoms with Gasteiger partial charge in [-0.25, -0.2) is 0 Å². The van der Waals surface area contributed by atoms with Gasteiger partial charge in [-0.2, -0.15) is 0 Å². The number of anilines is 3. The number of para-hydroxylation sites is 6. The fourth-order valence-electron chi connectivity index (χ4n) is 14.1. The van der Waals surface area contributed by atoms with E-state index in [1.54, 1.807) is 0 Å². The Labute approximate surface area is 481 Å². The molecule has 0 saturated carbocycles. The molecule has 83 heavy (non-hydrogen) atoms. The maximum absolute atomic E-state index is 2.49. The van der Waals surface area contributed by atoms with Crippen LogP contribution in [0.3, 0.4) is 0 Å². The second-order valence-electron chi connectivity index (χ2n) is 22.9. The van der Waals surface area contributed by atoms with Crippen molar-refractivity contribution in [2.75, 3.05) is 4.90 Å². The number of nitrogens with zero attached hydrogens (tertiary/aromatic N) is 4. The van der Waals surface area contributed by atoms with Gasteiger partial charge in [0.25, 0.3) is 0 Å². The molecule has 16 aromatic rings. The Morgan fingerprint density at radius 3 is 1.24 bits per heavy atom. The lowest BCUT2D eigenvalue weighted by molar-refractivity contribution is 0.660. The highest BCUT2D eigenvalue weighted by molar-refractivity contribution is 6.13. The SMILES string of the molecule is CC1(C)c2cc(-c3ccc4c(c3)c3ccccc3n4-c3ccccc3)ccc2-c2ccc(N(c3ccc(-c4ccc(-n5c6ccccc6c6ccccc65)cc4)cc3)c3ccc(-n4c5ccccc5c5ccccc54)c4ccccc34)cc21. The van der Waals surface area contributed by atoms with Gasteiger partial charge >= 0.3 is 0 Å². The molecule has 1 aliphatic carbocycles. The summed E-state index contributed by atoms with van der Waals surface area (Å²) in [6.07, 6.45) is 0. The summed E-state index contributed by atoms with van der Waals surface area (Å²) in [5, 5.41) is 9.91. The van der Waals surface area contributed by atoms with Crippen molar-refractivity contribution in [2.24, 2.45) is 0 Å². The standard InChI is InChI=1S/C79H54N4/c1-79(2)69-49-54(53-37-45-78-68(48-53)67-26-12-15-29-73(67)81(78)55-18-4-3-5-19-55)36-43-59(69)60-44-42-58(50-70(60)79)80(76-46-47-77(66-21-7-6-20-65(66)76)83-74-30-16-10-24-63(74)64-25-11-17-31-75(64)83)56-38-32-51(33-39-56)52-34-40-57(41-35-52)82-71-27-13-8-22-61(71)62-23-9-14-28-72(62)82/h3-50H,1-2H3. The van der Waals surface area contributed by atoms with E-state index >= 15 is 0 Å². The van der Waals surface area contributed by atoms with Crippen molar-refractivity contribution in [3.8, 4) is 50.4 Å². The zero-order valence-electron chi connectivity index (χ0n) is 46.0. The summed E-state index contributed by atoms with van der Waals surface area (Å²) in [4.78, 5) is 2.49. The van der Waals surface area contributed by atoms with Crippen molar-refractivity contribution in [3.05, 3.63) is 302 Å². The molecule has 1 aliphatic rings. The molecule has 13 aromatic carbocycles. The van der Waals surface area contributed by atoms with E-state index in [-0.39, 0.29) is 5.41 Å². The zero-order valence-corrected chi connectivity index (χ0v) is 46.0. The molecule has 0 bridgehead atoms. The number of benzene rings is 13. The van der Waals surface area contributed by atoms with Gasteiger partial charge in [0.1, 0.15) is 0 Å². The van der Waals surface area contributed by atoms with Crippen LogP contribution in [0.4, 0.5) is 17.1 Å². The van der Waals surface area contributed by atoms with Crippen LogP contribution in [0.2, 0.25) is 0 Å². The lowest BCUT2D eigenvalue weighted by Gasteiger charge is -2.30. The number of aromatic nitrogens is 3. The van der Waals surface area contributed by atoms with Crippen LogP contribution in [0.5, 0.6) is 0 Å². The Kier molecular flexibility index (Phi) is 10.3. The molecule has 0 aliphatic heterocycles. The highest BCUT2D eigenvalue weighted by Gasteiger charge is 2.37. The van der Waals surface area contributed by atoms with E-state index in [2.05, 4.69) is 324 Å². The molecule has 0 radical (unpaired) electrons. The van der Waals surface area contributed by atoms with Gasteiger partial charge in [-0.3, -0.25) is 0 Å². The van der Waals surface area contributed by atoms with Crippen molar-refractivity contribution in [1.82, 2.24) is 13.7 Å². The lowest BCUT2D eigenvalue weighted by Crippen LogP contribution is -2.17. The minimum Gasteiger partial charge on any atom is -0.310 e. The van der Waals surface area contributed by atoms with E-state index < -0.39 is 0 Å². The average Bonchev–Trinajstić information content (AvgIpc) is 2.89. The average molecular weight is 1060 g/mol. The monoisotopic (exact) mass is 1060 g/mol. The van der Waals surface area contributed by atoms with Crippen molar-refractivity contribution >= 4 is 93.3 Å². The van der Waals surface area contributed by atoms with Crippen molar-refractivity contribution < 1.29 is 0 Å². The molecule has 0 fully saturated rings. The third kappa shape index (κ3) is 7.12. The van der Waals surface area contributed by atoms with Gasteiger partial charge in [-0.05, 0) is 154 Å². The number of hydrogen-bond acceptors (Lipinski definition) is 1. The Balaban J connectivity index is 0.783.